The minimum atomic E-state index is -0.347. The Hall–Kier alpha value is -1.87. The highest BCUT2D eigenvalue weighted by Crippen LogP contribution is 2.27. The number of thiophene rings is 1. The van der Waals surface area contributed by atoms with Crippen molar-refractivity contribution in [2.24, 2.45) is 5.73 Å². The van der Waals surface area contributed by atoms with Crippen molar-refractivity contribution in [3.63, 3.8) is 0 Å². The number of primary amides is 1. The number of hydrogen-bond donors (Lipinski definition) is 1. The maximum atomic E-state index is 10.3. The molecule has 166 valence electrons. The third kappa shape index (κ3) is 9.43. The normalized spacial score (nSPS) is 11.4. The van der Waals surface area contributed by atoms with Crippen molar-refractivity contribution in [2.75, 3.05) is 5.75 Å². The summed E-state index contributed by atoms with van der Waals surface area (Å²) < 4.78 is 5.83. The van der Waals surface area contributed by atoms with Crippen LogP contribution in [0.4, 0.5) is 0 Å². The summed E-state index contributed by atoms with van der Waals surface area (Å²) in [5, 5.41) is 3.61. The molecule has 1 amide bonds. The lowest BCUT2D eigenvalue weighted by Crippen LogP contribution is -2.09. The fourth-order valence-electron chi connectivity index (χ4n) is 2.35. The van der Waals surface area contributed by atoms with Crippen LogP contribution in [-0.4, -0.2) is 26.6 Å². The predicted octanol–water partition coefficient (Wildman–Crippen LogP) is 6.45. The lowest BCUT2D eigenvalue weighted by molar-refractivity contribution is 0.100. The van der Waals surface area contributed by atoms with E-state index in [1.807, 2.05) is 12.3 Å². The largest absolute Gasteiger partial charge is 0.483 e. The van der Waals surface area contributed by atoms with E-state index in [4.69, 9.17) is 33.7 Å². The van der Waals surface area contributed by atoms with E-state index in [1.165, 1.54) is 30.5 Å². The first kappa shape index (κ1) is 25.4. The number of thioether (sulfide) groups is 1. The van der Waals surface area contributed by atoms with E-state index < -0.39 is 0 Å². The van der Waals surface area contributed by atoms with Crippen LogP contribution in [0.25, 0.3) is 0 Å². The van der Waals surface area contributed by atoms with E-state index in [2.05, 4.69) is 21.9 Å². The van der Waals surface area contributed by atoms with Gasteiger partial charge in [-0.15, -0.1) is 11.3 Å². The second-order valence-electron chi connectivity index (χ2n) is 6.39. The van der Waals surface area contributed by atoms with E-state index >= 15 is 0 Å². The minimum Gasteiger partial charge on any atom is -0.483 e. The Balaban J connectivity index is 0.000000357. The number of nitrogens with two attached hydrogens (primary N) is 1. The summed E-state index contributed by atoms with van der Waals surface area (Å²) in [6.07, 6.45) is 4.79. The molecule has 1 atom stereocenters. The zero-order valence-electron chi connectivity index (χ0n) is 17.3. The van der Waals surface area contributed by atoms with Gasteiger partial charge in [-0.05, 0) is 43.0 Å². The van der Waals surface area contributed by atoms with Gasteiger partial charge in [-0.25, -0.2) is 15.0 Å². The molecule has 2 heterocycles. The minimum absolute atomic E-state index is 0.317. The van der Waals surface area contributed by atoms with E-state index in [9.17, 15) is 4.79 Å². The molecular formula is C21H24Cl2N4O2S2. The quantitative estimate of drug-likeness (QED) is 0.269. The number of hydrogen-bond acceptors (Lipinski definition) is 7. The van der Waals surface area contributed by atoms with Crippen molar-refractivity contribution in [2.45, 2.75) is 44.4 Å². The fourth-order valence-corrected chi connectivity index (χ4v) is 4.24. The molecule has 0 saturated carbocycles. The van der Waals surface area contributed by atoms with Crippen LogP contribution in [0.1, 0.15) is 54.7 Å². The van der Waals surface area contributed by atoms with Crippen LogP contribution in [0.15, 0.2) is 47.2 Å². The van der Waals surface area contributed by atoms with Gasteiger partial charge < -0.3 is 10.5 Å². The fraction of sp³-hybridized carbons (Fsp3) is 0.333. The predicted molar refractivity (Wildman–Crippen MR) is 128 cm³/mol. The standard InChI is InChI=1S/C16H19Cl2N3OS.C5H5NOS/c1-3-4-5-6-23-16-20-10-19-15(21-16)11(2)22-14-8-12(17)7-13(18)9-14;6-5(7)4-2-1-3-8-4/h7-11H,3-6H2,1-2H3;1-3H,(H2,6,7). The van der Waals surface area contributed by atoms with Crippen LogP contribution in [0.5, 0.6) is 5.75 Å². The Morgan fingerprint density at radius 1 is 1.23 bits per heavy atom. The summed E-state index contributed by atoms with van der Waals surface area (Å²) in [7, 11) is 0. The van der Waals surface area contributed by atoms with Gasteiger partial charge in [0.1, 0.15) is 12.1 Å². The topological polar surface area (TPSA) is 91.0 Å². The summed E-state index contributed by atoms with van der Waals surface area (Å²) in [6.45, 7) is 4.07. The molecule has 0 fully saturated rings. The third-order valence-corrected chi connectivity index (χ3v) is 6.09. The van der Waals surface area contributed by atoms with Crippen LogP contribution in [-0.2, 0) is 0 Å². The molecule has 31 heavy (non-hydrogen) atoms. The maximum Gasteiger partial charge on any atom is 0.258 e. The van der Waals surface area contributed by atoms with Gasteiger partial charge in [0.15, 0.2) is 17.1 Å². The highest BCUT2D eigenvalue weighted by atomic mass is 35.5. The lowest BCUT2D eigenvalue weighted by Gasteiger charge is -2.14. The SMILES string of the molecule is CCCCCSc1ncnc(C(C)Oc2cc(Cl)cc(Cl)c2)n1.NC(=O)c1cccs1. The average Bonchev–Trinajstić information content (AvgIpc) is 3.26. The number of nitrogens with zero attached hydrogens (tertiary/aromatic N) is 3. The van der Waals surface area contributed by atoms with Gasteiger partial charge in [0.25, 0.3) is 5.91 Å². The van der Waals surface area contributed by atoms with Crippen molar-refractivity contribution in [1.29, 1.82) is 0 Å². The van der Waals surface area contributed by atoms with Gasteiger partial charge in [-0.2, -0.15) is 0 Å². The number of carbonyl (C=O) groups is 1. The number of benzene rings is 1. The molecule has 6 nitrogen and oxygen atoms in total. The second-order valence-corrected chi connectivity index (χ2v) is 9.27. The van der Waals surface area contributed by atoms with E-state index in [0.717, 1.165) is 17.3 Å². The van der Waals surface area contributed by atoms with Gasteiger partial charge in [-0.3, -0.25) is 4.79 Å². The highest BCUT2D eigenvalue weighted by molar-refractivity contribution is 7.99. The van der Waals surface area contributed by atoms with Crippen molar-refractivity contribution < 1.29 is 9.53 Å². The first-order chi connectivity index (χ1) is 14.9. The summed E-state index contributed by atoms with van der Waals surface area (Å²) in [6, 6.07) is 8.59. The van der Waals surface area contributed by atoms with E-state index in [1.54, 1.807) is 42.1 Å². The van der Waals surface area contributed by atoms with Crippen molar-refractivity contribution in [1.82, 2.24) is 15.0 Å². The number of aromatic nitrogens is 3. The Kier molecular flexibility index (Phi) is 11.1. The summed E-state index contributed by atoms with van der Waals surface area (Å²) >= 11 is 15.0. The lowest BCUT2D eigenvalue weighted by atomic mass is 10.3. The molecule has 0 aliphatic carbocycles. The third-order valence-electron chi connectivity index (χ3n) is 3.82. The van der Waals surface area contributed by atoms with Crippen molar-refractivity contribution >= 4 is 52.2 Å². The monoisotopic (exact) mass is 498 g/mol. The van der Waals surface area contributed by atoms with Crippen molar-refractivity contribution in [3.8, 4) is 5.75 Å². The van der Waals surface area contributed by atoms with Gasteiger partial charge in [0, 0.05) is 15.8 Å². The highest BCUT2D eigenvalue weighted by Gasteiger charge is 2.13. The smallest absolute Gasteiger partial charge is 0.258 e. The van der Waals surface area contributed by atoms with Crippen LogP contribution in [0, 0.1) is 0 Å². The summed E-state index contributed by atoms with van der Waals surface area (Å²) in [5.41, 5.74) is 4.93. The Labute approximate surface area is 200 Å². The number of halogens is 2. The average molecular weight is 499 g/mol. The van der Waals surface area contributed by atoms with Gasteiger partial charge in [-0.1, -0.05) is 60.8 Å². The molecule has 0 aliphatic rings. The van der Waals surface area contributed by atoms with Crippen molar-refractivity contribution in [3.05, 3.63) is 62.8 Å². The zero-order valence-corrected chi connectivity index (χ0v) is 20.4. The number of ether oxygens (including phenoxy) is 1. The maximum absolute atomic E-state index is 10.3. The molecule has 1 aromatic carbocycles. The first-order valence-electron chi connectivity index (χ1n) is 9.66. The Morgan fingerprint density at radius 3 is 2.55 bits per heavy atom. The van der Waals surface area contributed by atoms with Gasteiger partial charge in [0.05, 0.1) is 4.88 Å². The number of amides is 1. The molecule has 3 rings (SSSR count). The van der Waals surface area contributed by atoms with E-state index in [-0.39, 0.29) is 12.0 Å². The van der Waals surface area contributed by atoms with Gasteiger partial charge in [0.2, 0.25) is 0 Å². The van der Waals surface area contributed by atoms with Crippen LogP contribution < -0.4 is 10.5 Å². The van der Waals surface area contributed by atoms with Crippen LogP contribution in [0.3, 0.4) is 0 Å². The molecule has 0 bridgehead atoms. The molecule has 2 aromatic heterocycles. The number of unbranched alkanes of at least 4 members (excludes halogenated alkanes) is 2. The summed E-state index contributed by atoms with van der Waals surface area (Å²) in [5.74, 6) is 1.85. The molecule has 0 spiro atoms. The second kappa shape index (κ2) is 13.5. The number of carbonyl (C=O) groups excluding carboxylic acids is 1. The zero-order chi connectivity index (χ0) is 22.6. The van der Waals surface area contributed by atoms with Crippen LogP contribution >= 0.6 is 46.3 Å². The molecule has 0 aliphatic heterocycles. The summed E-state index contributed by atoms with van der Waals surface area (Å²) in [4.78, 5) is 23.8. The number of rotatable bonds is 9. The van der Waals surface area contributed by atoms with Crippen LogP contribution in [0.2, 0.25) is 10.0 Å². The van der Waals surface area contributed by atoms with E-state index in [0.29, 0.717) is 26.5 Å². The molecule has 1 unspecified atom stereocenters. The molecule has 10 heteroatoms. The van der Waals surface area contributed by atoms with Gasteiger partial charge >= 0.3 is 0 Å². The Bertz CT molecular complexity index is 938. The Morgan fingerprint density at radius 2 is 1.97 bits per heavy atom. The first-order valence-corrected chi connectivity index (χ1v) is 12.3. The molecule has 0 saturated heterocycles. The molecular weight excluding hydrogens is 475 g/mol. The molecule has 2 N–H and O–H groups in total. The molecule has 0 radical (unpaired) electrons. The molecule has 3 aromatic rings.